The van der Waals surface area contributed by atoms with Gasteiger partial charge in [0.25, 0.3) is 0 Å². The number of nitrogens with one attached hydrogen (secondary N) is 1. The summed E-state index contributed by atoms with van der Waals surface area (Å²) >= 11 is 1.53. The number of nitrogens with zero attached hydrogens (tertiary/aromatic N) is 4. The third-order valence-corrected chi connectivity index (χ3v) is 5.39. The number of hydrogen-bond donors (Lipinski definition) is 1. The van der Waals surface area contributed by atoms with Crippen LogP contribution in [0.1, 0.15) is 6.42 Å². The summed E-state index contributed by atoms with van der Waals surface area (Å²) in [4.78, 5) is 24.6. The van der Waals surface area contributed by atoms with Crippen molar-refractivity contribution in [3.05, 3.63) is 46.4 Å². The number of pyridine rings is 1. The van der Waals surface area contributed by atoms with Gasteiger partial charge in [-0.25, -0.2) is 9.78 Å². The molecule has 0 unspecified atom stereocenters. The first-order valence-corrected chi connectivity index (χ1v) is 9.49. The predicted octanol–water partition coefficient (Wildman–Crippen LogP) is 2.36. The van der Waals surface area contributed by atoms with Crippen molar-refractivity contribution >= 4 is 33.2 Å². The van der Waals surface area contributed by atoms with Crippen LogP contribution in [0.5, 0.6) is 0 Å². The highest BCUT2D eigenvalue weighted by Crippen LogP contribution is 2.24. The summed E-state index contributed by atoms with van der Waals surface area (Å²) in [6, 6.07) is 5.76. The van der Waals surface area contributed by atoms with Crippen LogP contribution in [0.2, 0.25) is 0 Å². The molecule has 0 radical (unpaired) electrons. The van der Waals surface area contributed by atoms with Gasteiger partial charge in [0.15, 0.2) is 4.96 Å². The van der Waals surface area contributed by atoms with Gasteiger partial charge in [-0.3, -0.25) is 4.40 Å². The monoisotopic (exact) mass is 367 g/mol. The van der Waals surface area contributed by atoms with Gasteiger partial charge in [-0.2, -0.15) is 4.98 Å². The second kappa shape index (κ2) is 6.22. The maximum atomic E-state index is 12.5. The molecule has 5 heterocycles. The topological polar surface area (TPSA) is 75.7 Å². The molecule has 4 aromatic heterocycles. The van der Waals surface area contributed by atoms with Gasteiger partial charge in [0, 0.05) is 42.8 Å². The summed E-state index contributed by atoms with van der Waals surface area (Å²) in [7, 11) is 0. The normalized spacial score (nSPS) is 15.6. The van der Waals surface area contributed by atoms with Crippen LogP contribution in [0.4, 0.5) is 5.82 Å². The highest BCUT2D eigenvalue weighted by Gasteiger charge is 2.15. The Balaban J connectivity index is 1.56. The van der Waals surface area contributed by atoms with E-state index >= 15 is 0 Å². The van der Waals surface area contributed by atoms with Gasteiger partial charge in [-0.05, 0) is 31.2 Å². The Kier molecular flexibility index (Phi) is 3.72. The van der Waals surface area contributed by atoms with Crippen LogP contribution in [0.15, 0.2) is 45.2 Å². The molecular formula is C18H17N5O2S. The second-order valence-corrected chi connectivity index (χ2v) is 7.19. The minimum atomic E-state index is -0.412. The Hall–Kier alpha value is -2.71. The van der Waals surface area contributed by atoms with Gasteiger partial charge >= 0.3 is 5.63 Å². The van der Waals surface area contributed by atoms with E-state index in [9.17, 15) is 4.79 Å². The maximum absolute atomic E-state index is 12.5. The molecule has 0 spiro atoms. The molecule has 26 heavy (non-hydrogen) atoms. The van der Waals surface area contributed by atoms with Crippen LogP contribution >= 0.6 is 11.3 Å². The van der Waals surface area contributed by atoms with Crippen LogP contribution in [-0.4, -0.2) is 40.5 Å². The Morgan fingerprint density at radius 1 is 1.19 bits per heavy atom. The molecule has 1 fully saturated rings. The van der Waals surface area contributed by atoms with Gasteiger partial charge < -0.3 is 14.6 Å². The summed E-state index contributed by atoms with van der Waals surface area (Å²) in [5.74, 6) is 0.847. The van der Waals surface area contributed by atoms with E-state index < -0.39 is 5.63 Å². The SMILES string of the molecule is O=c1oc2nc(N3CCCNCC3)ccc2cc1-c1cn2ccsc2n1. The molecule has 4 aromatic rings. The fourth-order valence-electron chi connectivity index (χ4n) is 3.28. The van der Waals surface area contributed by atoms with E-state index in [1.54, 1.807) is 0 Å². The van der Waals surface area contributed by atoms with Gasteiger partial charge in [-0.1, -0.05) is 0 Å². The highest BCUT2D eigenvalue weighted by atomic mass is 32.1. The molecule has 0 atom stereocenters. The second-order valence-electron chi connectivity index (χ2n) is 6.32. The van der Waals surface area contributed by atoms with Crippen LogP contribution < -0.4 is 15.8 Å². The molecule has 8 heteroatoms. The van der Waals surface area contributed by atoms with Crippen LogP contribution in [-0.2, 0) is 0 Å². The smallest absolute Gasteiger partial charge is 0.347 e. The highest BCUT2D eigenvalue weighted by molar-refractivity contribution is 7.15. The zero-order valence-corrected chi connectivity index (χ0v) is 14.8. The van der Waals surface area contributed by atoms with Crippen LogP contribution in [0.25, 0.3) is 27.3 Å². The summed E-state index contributed by atoms with van der Waals surface area (Å²) in [6.45, 7) is 3.79. The third kappa shape index (κ3) is 2.67. The summed E-state index contributed by atoms with van der Waals surface area (Å²) < 4.78 is 7.43. The average molecular weight is 367 g/mol. The lowest BCUT2D eigenvalue weighted by atomic mass is 10.2. The summed E-state index contributed by atoms with van der Waals surface area (Å²) in [5, 5.41) is 6.13. The minimum Gasteiger partial charge on any atom is -0.403 e. The molecule has 0 aliphatic carbocycles. The van der Waals surface area contributed by atoms with Gasteiger partial charge in [-0.15, -0.1) is 11.3 Å². The van der Waals surface area contributed by atoms with Crippen LogP contribution in [0.3, 0.4) is 0 Å². The molecule has 1 aliphatic rings. The van der Waals surface area contributed by atoms with Crippen molar-refractivity contribution in [2.45, 2.75) is 6.42 Å². The van der Waals surface area contributed by atoms with Crippen molar-refractivity contribution in [3.8, 4) is 11.3 Å². The minimum absolute atomic E-state index is 0.370. The molecule has 1 saturated heterocycles. The number of fused-ring (bicyclic) bond motifs is 2. The first-order chi connectivity index (χ1) is 12.8. The average Bonchev–Trinajstić information content (AvgIpc) is 3.13. The molecule has 0 amide bonds. The van der Waals surface area contributed by atoms with E-state index in [2.05, 4.69) is 20.2 Å². The van der Waals surface area contributed by atoms with E-state index in [0.29, 0.717) is 17.0 Å². The van der Waals surface area contributed by atoms with Crippen molar-refractivity contribution in [1.29, 1.82) is 0 Å². The molecule has 1 aliphatic heterocycles. The molecule has 5 rings (SSSR count). The van der Waals surface area contributed by atoms with Crippen molar-refractivity contribution in [1.82, 2.24) is 19.7 Å². The zero-order chi connectivity index (χ0) is 17.5. The quantitative estimate of drug-likeness (QED) is 0.586. The van der Waals surface area contributed by atoms with Crippen molar-refractivity contribution in [2.75, 3.05) is 31.1 Å². The number of hydrogen-bond acceptors (Lipinski definition) is 7. The lowest BCUT2D eigenvalue weighted by molar-refractivity contribution is 0.551. The Labute approximate surface area is 152 Å². The number of aromatic nitrogens is 3. The lowest BCUT2D eigenvalue weighted by Crippen LogP contribution is -2.28. The lowest BCUT2D eigenvalue weighted by Gasteiger charge is -2.20. The van der Waals surface area contributed by atoms with E-state index in [1.165, 1.54) is 11.3 Å². The van der Waals surface area contributed by atoms with E-state index in [4.69, 9.17) is 4.42 Å². The fraction of sp³-hybridized carbons (Fsp3) is 0.278. The predicted molar refractivity (Wildman–Crippen MR) is 102 cm³/mol. The maximum Gasteiger partial charge on any atom is 0.347 e. The molecular weight excluding hydrogens is 350 g/mol. The zero-order valence-electron chi connectivity index (χ0n) is 14.0. The molecule has 7 nitrogen and oxygen atoms in total. The first kappa shape index (κ1) is 15.5. The van der Waals surface area contributed by atoms with Gasteiger partial charge in [0.2, 0.25) is 5.71 Å². The van der Waals surface area contributed by atoms with Crippen molar-refractivity contribution < 1.29 is 4.42 Å². The number of thiazole rings is 1. The number of imidazole rings is 1. The van der Waals surface area contributed by atoms with E-state index in [0.717, 1.165) is 48.8 Å². The van der Waals surface area contributed by atoms with Gasteiger partial charge in [0.1, 0.15) is 5.82 Å². The van der Waals surface area contributed by atoms with Crippen molar-refractivity contribution in [2.24, 2.45) is 0 Å². The van der Waals surface area contributed by atoms with Crippen LogP contribution in [0, 0.1) is 0 Å². The number of rotatable bonds is 2. The molecule has 0 aromatic carbocycles. The molecule has 1 N–H and O–H groups in total. The standard InChI is InChI=1S/C18H17N5O2S/c24-17-13(14-11-23-8-9-26-18(23)20-14)10-12-2-3-15(21-16(12)25-17)22-6-1-4-19-5-7-22/h2-3,8-11,19H,1,4-7H2. The van der Waals surface area contributed by atoms with Crippen molar-refractivity contribution in [3.63, 3.8) is 0 Å². The molecule has 0 bridgehead atoms. The third-order valence-electron chi connectivity index (χ3n) is 4.62. The molecule has 0 saturated carbocycles. The van der Waals surface area contributed by atoms with E-state index in [-0.39, 0.29) is 0 Å². The first-order valence-electron chi connectivity index (χ1n) is 8.61. The largest absolute Gasteiger partial charge is 0.403 e. The van der Waals surface area contributed by atoms with E-state index in [1.807, 2.05) is 40.4 Å². The number of anilines is 1. The molecule has 132 valence electrons. The Bertz CT molecular complexity index is 1110. The summed E-state index contributed by atoms with van der Waals surface area (Å²) in [6.07, 6.45) is 4.83. The Morgan fingerprint density at radius 3 is 3.08 bits per heavy atom. The fourth-order valence-corrected chi connectivity index (χ4v) is 3.98. The summed E-state index contributed by atoms with van der Waals surface area (Å²) in [5.41, 5.74) is 1.04. The Morgan fingerprint density at radius 2 is 2.15 bits per heavy atom. The van der Waals surface area contributed by atoms with Gasteiger partial charge in [0.05, 0.1) is 11.3 Å².